The molecule has 3 nitrogen and oxygen atoms in total. The zero-order valence-corrected chi connectivity index (χ0v) is 15.0. The Morgan fingerprint density at radius 3 is 2.26 bits per heavy atom. The highest BCUT2D eigenvalue weighted by atomic mass is 79.9. The summed E-state index contributed by atoms with van der Waals surface area (Å²) in [4.78, 5) is 0.209. The van der Waals surface area contributed by atoms with Gasteiger partial charge >= 0.3 is 0 Å². The fraction of sp³-hybridized carbons (Fsp3) is 0. The summed E-state index contributed by atoms with van der Waals surface area (Å²) in [7, 11) is -3.58. The Morgan fingerprint density at radius 2 is 1.63 bits per heavy atom. The maximum atomic E-state index is 12.2. The number of nitrogens with one attached hydrogen (secondary N) is 1. The fourth-order valence-corrected chi connectivity index (χ4v) is 3.68. The van der Waals surface area contributed by atoms with Crippen LogP contribution in [0, 0.1) is 0 Å². The molecule has 100 valence electrons. The molecule has 0 saturated heterocycles. The van der Waals surface area contributed by atoms with E-state index in [2.05, 4.69) is 52.5 Å². The Bertz CT molecular complexity index is 717. The van der Waals surface area contributed by atoms with Crippen LogP contribution in [-0.2, 0) is 10.0 Å². The number of anilines is 1. The van der Waals surface area contributed by atoms with Gasteiger partial charge < -0.3 is 0 Å². The molecule has 0 saturated carbocycles. The van der Waals surface area contributed by atoms with Gasteiger partial charge in [-0.3, -0.25) is 4.72 Å². The summed E-state index contributed by atoms with van der Waals surface area (Å²) in [5.41, 5.74) is 0.495. The van der Waals surface area contributed by atoms with Crippen LogP contribution in [0.15, 0.2) is 60.8 Å². The van der Waals surface area contributed by atoms with Gasteiger partial charge in [-0.25, -0.2) is 8.42 Å². The Labute approximate surface area is 136 Å². The molecule has 0 aliphatic carbocycles. The van der Waals surface area contributed by atoms with Crippen molar-refractivity contribution in [2.24, 2.45) is 0 Å². The number of benzene rings is 2. The van der Waals surface area contributed by atoms with E-state index in [1.54, 1.807) is 42.5 Å². The van der Waals surface area contributed by atoms with E-state index in [0.29, 0.717) is 10.2 Å². The van der Waals surface area contributed by atoms with Gasteiger partial charge in [-0.05, 0) is 68.3 Å². The number of sulfonamides is 1. The fourth-order valence-electron chi connectivity index (χ4n) is 1.41. The molecule has 7 heteroatoms. The van der Waals surface area contributed by atoms with Crippen molar-refractivity contribution in [1.29, 1.82) is 0 Å². The van der Waals surface area contributed by atoms with Crippen molar-refractivity contribution in [2.45, 2.75) is 4.90 Å². The van der Waals surface area contributed by atoms with Crippen molar-refractivity contribution in [3.05, 3.63) is 55.9 Å². The Hall–Kier alpha value is -0.370. The van der Waals surface area contributed by atoms with E-state index in [1.807, 2.05) is 0 Å². The SMILES string of the molecule is O=S(=O)(Nc1ccc(Br)c(Br)c1)c1cccc(Br)c1. The van der Waals surface area contributed by atoms with E-state index >= 15 is 0 Å². The van der Waals surface area contributed by atoms with Gasteiger partial charge in [0.25, 0.3) is 10.0 Å². The molecule has 1 N–H and O–H groups in total. The highest BCUT2D eigenvalue weighted by Gasteiger charge is 2.14. The molecule has 0 fully saturated rings. The summed E-state index contributed by atoms with van der Waals surface area (Å²) in [6.07, 6.45) is 0. The minimum absolute atomic E-state index is 0.209. The molecule has 0 heterocycles. The van der Waals surface area contributed by atoms with Crippen LogP contribution < -0.4 is 4.72 Å². The van der Waals surface area contributed by atoms with E-state index in [9.17, 15) is 8.42 Å². The largest absolute Gasteiger partial charge is 0.280 e. The zero-order valence-electron chi connectivity index (χ0n) is 9.40. The van der Waals surface area contributed by atoms with E-state index in [0.717, 1.165) is 8.95 Å². The second-order valence-electron chi connectivity index (χ2n) is 3.69. The monoisotopic (exact) mass is 467 g/mol. The first-order valence-corrected chi connectivity index (χ1v) is 8.98. The molecular formula is C12H8Br3NO2S. The standard InChI is InChI=1S/C12H8Br3NO2S/c13-8-2-1-3-10(6-8)19(17,18)16-9-4-5-11(14)12(15)7-9/h1-7,16H. The summed E-state index contributed by atoms with van der Waals surface area (Å²) in [6, 6.07) is 11.7. The molecule has 0 aliphatic heterocycles. The molecule has 2 aromatic carbocycles. The molecular weight excluding hydrogens is 462 g/mol. The predicted octanol–water partition coefficient (Wildman–Crippen LogP) is 4.77. The molecule has 0 aromatic heterocycles. The lowest BCUT2D eigenvalue weighted by atomic mass is 10.3. The minimum Gasteiger partial charge on any atom is -0.280 e. The topological polar surface area (TPSA) is 46.2 Å². The van der Waals surface area contributed by atoms with Crippen molar-refractivity contribution in [2.75, 3.05) is 4.72 Å². The highest BCUT2D eigenvalue weighted by Crippen LogP contribution is 2.27. The molecule has 0 unspecified atom stereocenters. The highest BCUT2D eigenvalue weighted by molar-refractivity contribution is 9.13. The van der Waals surface area contributed by atoms with Crippen molar-refractivity contribution in [3.8, 4) is 0 Å². The van der Waals surface area contributed by atoms with Gasteiger partial charge in [0.2, 0.25) is 0 Å². The molecule has 0 spiro atoms. The smallest absolute Gasteiger partial charge is 0.261 e. The van der Waals surface area contributed by atoms with Gasteiger partial charge in [-0.2, -0.15) is 0 Å². The molecule has 0 aliphatic rings. The van der Waals surface area contributed by atoms with Gasteiger partial charge in [0.05, 0.1) is 10.6 Å². The summed E-state index contributed by atoms with van der Waals surface area (Å²) in [5, 5.41) is 0. The van der Waals surface area contributed by atoms with Gasteiger partial charge in [0.1, 0.15) is 0 Å². The molecule has 0 radical (unpaired) electrons. The molecule has 2 rings (SSSR count). The van der Waals surface area contributed by atoms with Crippen LogP contribution in [0.5, 0.6) is 0 Å². The third-order valence-electron chi connectivity index (χ3n) is 2.28. The van der Waals surface area contributed by atoms with Crippen LogP contribution in [0.2, 0.25) is 0 Å². The van der Waals surface area contributed by atoms with Gasteiger partial charge in [-0.15, -0.1) is 0 Å². The second-order valence-corrected chi connectivity index (χ2v) is 8.00. The van der Waals surface area contributed by atoms with Crippen LogP contribution in [0.1, 0.15) is 0 Å². The first kappa shape index (κ1) is 15.0. The van der Waals surface area contributed by atoms with Crippen LogP contribution in [0.25, 0.3) is 0 Å². The summed E-state index contributed by atoms with van der Waals surface area (Å²) >= 11 is 9.92. The van der Waals surface area contributed by atoms with Crippen molar-refractivity contribution < 1.29 is 8.42 Å². The maximum Gasteiger partial charge on any atom is 0.261 e. The summed E-state index contributed by atoms with van der Waals surface area (Å²) in [6.45, 7) is 0. The third-order valence-corrected chi connectivity index (χ3v) is 6.03. The lowest BCUT2D eigenvalue weighted by Crippen LogP contribution is -2.12. The molecule has 2 aromatic rings. The predicted molar refractivity (Wildman–Crippen MR) is 86.8 cm³/mol. The summed E-state index contributed by atoms with van der Waals surface area (Å²) in [5.74, 6) is 0. The third kappa shape index (κ3) is 3.81. The average molecular weight is 470 g/mol. The number of hydrogen-bond acceptors (Lipinski definition) is 2. The Morgan fingerprint density at radius 1 is 0.895 bits per heavy atom. The van der Waals surface area contributed by atoms with Gasteiger partial charge in [0.15, 0.2) is 0 Å². The van der Waals surface area contributed by atoms with Crippen molar-refractivity contribution in [1.82, 2.24) is 0 Å². The lowest BCUT2D eigenvalue weighted by molar-refractivity contribution is 0.601. The second kappa shape index (κ2) is 5.95. The number of hydrogen-bond donors (Lipinski definition) is 1. The molecule has 0 atom stereocenters. The minimum atomic E-state index is -3.58. The van der Waals surface area contributed by atoms with Gasteiger partial charge in [-0.1, -0.05) is 22.0 Å². The quantitative estimate of drug-likeness (QED) is 0.703. The molecule has 0 amide bonds. The maximum absolute atomic E-state index is 12.2. The average Bonchev–Trinajstić information content (AvgIpc) is 2.33. The van der Waals surface area contributed by atoms with Crippen molar-refractivity contribution >= 4 is 63.5 Å². The van der Waals surface area contributed by atoms with Crippen LogP contribution >= 0.6 is 47.8 Å². The number of halogens is 3. The number of rotatable bonds is 3. The van der Waals surface area contributed by atoms with Crippen LogP contribution in [0.3, 0.4) is 0 Å². The van der Waals surface area contributed by atoms with Crippen LogP contribution in [0.4, 0.5) is 5.69 Å². The van der Waals surface area contributed by atoms with E-state index in [4.69, 9.17) is 0 Å². The zero-order chi connectivity index (χ0) is 14.0. The van der Waals surface area contributed by atoms with Crippen LogP contribution in [-0.4, -0.2) is 8.42 Å². The Kier molecular flexibility index (Phi) is 4.70. The van der Waals surface area contributed by atoms with Gasteiger partial charge in [0, 0.05) is 13.4 Å². The normalized spacial score (nSPS) is 11.3. The molecule has 19 heavy (non-hydrogen) atoms. The van der Waals surface area contributed by atoms with Crippen molar-refractivity contribution in [3.63, 3.8) is 0 Å². The molecule has 0 bridgehead atoms. The first-order valence-electron chi connectivity index (χ1n) is 5.12. The first-order chi connectivity index (χ1) is 8.88. The Balaban J connectivity index is 2.33. The summed E-state index contributed by atoms with van der Waals surface area (Å²) < 4.78 is 29.3. The van der Waals surface area contributed by atoms with E-state index < -0.39 is 10.0 Å². The van der Waals surface area contributed by atoms with E-state index in [1.165, 1.54) is 0 Å². The lowest BCUT2D eigenvalue weighted by Gasteiger charge is -2.09. The van der Waals surface area contributed by atoms with E-state index in [-0.39, 0.29) is 4.90 Å².